The fourth-order valence-electron chi connectivity index (χ4n) is 2.49. The smallest absolute Gasteiger partial charge is 0.154 e. The van der Waals surface area contributed by atoms with Crippen molar-refractivity contribution in [3.8, 4) is 0 Å². The number of anilines is 1. The molecule has 0 amide bonds. The van der Waals surface area contributed by atoms with Gasteiger partial charge >= 0.3 is 0 Å². The van der Waals surface area contributed by atoms with Crippen LogP contribution >= 0.6 is 23.2 Å². The zero-order valence-corrected chi connectivity index (χ0v) is 12.4. The highest BCUT2D eigenvalue weighted by molar-refractivity contribution is 6.34. The Kier molecular flexibility index (Phi) is 4.71. The van der Waals surface area contributed by atoms with Gasteiger partial charge in [-0.2, -0.15) is 0 Å². The van der Waals surface area contributed by atoms with Gasteiger partial charge < -0.3 is 10.2 Å². The molecule has 100 valence electrons. The summed E-state index contributed by atoms with van der Waals surface area (Å²) < 4.78 is 0. The summed E-state index contributed by atoms with van der Waals surface area (Å²) in [6, 6.07) is 1.84. The number of aromatic nitrogens is 1. The summed E-state index contributed by atoms with van der Waals surface area (Å²) in [6.45, 7) is 5.28. The third kappa shape index (κ3) is 3.50. The molecule has 1 N–H and O–H groups in total. The van der Waals surface area contributed by atoms with Crippen LogP contribution in [0.15, 0.2) is 6.07 Å². The van der Waals surface area contributed by atoms with Gasteiger partial charge in [0.05, 0.1) is 5.69 Å². The number of nitrogens with zero attached hydrogens (tertiary/aromatic N) is 2. The van der Waals surface area contributed by atoms with Gasteiger partial charge in [0, 0.05) is 13.1 Å². The summed E-state index contributed by atoms with van der Waals surface area (Å²) in [4.78, 5) is 6.45. The maximum absolute atomic E-state index is 6.11. The van der Waals surface area contributed by atoms with Crippen molar-refractivity contribution < 1.29 is 0 Å². The molecule has 1 aliphatic heterocycles. The highest BCUT2D eigenvalue weighted by Gasteiger charge is 2.17. The lowest BCUT2D eigenvalue weighted by atomic mass is 9.98. The number of halogens is 2. The highest BCUT2D eigenvalue weighted by Crippen LogP contribution is 2.27. The first kappa shape index (κ1) is 13.9. The average Bonchev–Trinajstić information content (AvgIpc) is 2.27. The number of aryl methyl sites for hydroxylation is 1. The minimum atomic E-state index is 0.445. The molecule has 5 heteroatoms. The van der Waals surface area contributed by atoms with E-state index in [2.05, 4.69) is 22.2 Å². The molecule has 1 aliphatic rings. The van der Waals surface area contributed by atoms with Crippen molar-refractivity contribution in [2.24, 2.45) is 5.92 Å². The molecule has 1 atom stereocenters. The number of hydrogen-bond acceptors (Lipinski definition) is 3. The molecule has 1 fully saturated rings. The zero-order valence-electron chi connectivity index (χ0n) is 10.8. The molecule has 0 radical (unpaired) electrons. The minimum absolute atomic E-state index is 0.445. The lowest BCUT2D eigenvalue weighted by Gasteiger charge is -2.30. The van der Waals surface area contributed by atoms with E-state index in [9.17, 15) is 0 Å². The van der Waals surface area contributed by atoms with E-state index < -0.39 is 0 Å². The molecule has 1 saturated heterocycles. The van der Waals surface area contributed by atoms with Gasteiger partial charge in [-0.05, 0) is 50.9 Å². The minimum Gasteiger partial charge on any atom is -0.382 e. The van der Waals surface area contributed by atoms with E-state index in [1.807, 2.05) is 13.0 Å². The van der Waals surface area contributed by atoms with E-state index in [1.54, 1.807) is 0 Å². The van der Waals surface area contributed by atoms with Gasteiger partial charge in [-0.25, -0.2) is 4.98 Å². The molecule has 1 unspecified atom stereocenters. The molecule has 2 heterocycles. The van der Waals surface area contributed by atoms with Crippen LogP contribution in [0.3, 0.4) is 0 Å². The Labute approximate surface area is 118 Å². The normalized spacial score (nSPS) is 21.0. The number of rotatable bonds is 3. The van der Waals surface area contributed by atoms with E-state index in [1.165, 1.54) is 19.4 Å². The van der Waals surface area contributed by atoms with Gasteiger partial charge in [-0.3, -0.25) is 0 Å². The maximum Gasteiger partial charge on any atom is 0.154 e. The quantitative estimate of drug-likeness (QED) is 0.863. The highest BCUT2D eigenvalue weighted by atomic mass is 35.5. The number of hydrogen-bond donors (Lipinski definition) is 1. The van der Waals surface area contributed by atoms with Crippen LogP contribution in [-0.2, 0) is 0 Å². The Balaban J connectivity index is 1.97. The van der Waals surface area contributed by atoms with Gasteiger partial charge in [-0.1, -0.05) is 23.2 Å². The predicted molar refractivity (Wildman–Crippen MR) is 77.7 cm³/mol. The van der Waals surface area contributed by atoms with E-state index in [0.29, 0.717) is 16.2 Å². The SMILES string of the molecule is Cc1cc(Cl)nc(Cl)c1NCC1CCCN(C)C1. The van der Waals surface area contributed by atoms with Gasteiger partial charge in [-0.15, -0.1) is 0 Å². The summed E-state index contributed by atoms with van der Waals surface area (Å²) in [5.74, 6) is 0.676. The summed E-state index contributed by atoms with van der Waals surface area (Å²) in [5, 5.41) is 4.33. The van der Waals surface area contributed by atoms with E-state index in [-0.39, 0.29) is 0 Å². The zero-order chi connectivity index (χ0) is 13.1. The third-order valence-electron chi connectivity index (χ3n) is 3.43. The largest absolute Gasteiger partial charge is 0.382 e. The molecule has 2 rings (SSSR count). The fourth-order valence-corrected chi connectivity index (χ4v) is 3.09. The molecule has 0 spiro atoms. The maximum atomic E-state index is 6.11. The van der Waals surface area contributed by atoms with Crippen LogP contribution in [0.1, 0.15) is 18.4 Å². The van der Waals surface area contributed by atoms with Crippen LogP contribution < -0.4 is 5.32 Å². The second kappa shape index (κ2) is 6.09. The van der Waals surface area contributed by atoms with Gasteiger partial charge in [0.25, 0.3) is 0 Å². The molecule has 0 bridgehead atoms. The van der Waals surface area contributed by atoms with E-state index >= 15 is 0 Å². The van der Waals surface area contributed by atoms with Crippen molar-refractivity contribution in [2.75, 3.05) is 32.0 Å². The van der Waals surface area contributed by atoms with E-state index in [0.717, 1.165) is 24.3 Å². The summed E-state index contributed by atoms with van der Waals surface area (Å²) >= 11 is 12.0. The van der Waals surface area contributed by atoms with Crippen LogP contribution in [0.4, 0.5) is 5.69 Å². The lowest BCUT2D eigenvalue weighted by molar-refractivity contribution is 0.217. The van der Waals surface area contributed by atoms with Gasteiger partial charge in [0.15, 0.2) is 5.15 Å². The molecule has 0 saturated carbocycles. The second-order valence-corrected chi connectivity index (χ2v) is 5.82. The monoisotopic (exact) mass is 287 g/mol. The Morgan fingerprint density at radius 3 is 2.94 bits per heavy atom. The summed E-state index contributed by atoms with van der Waals surface area (Å²) in [5.41, 5.74) is 1.96. The van der Waals surface area contributed by atoms with Crippen LogP contribution in [0.2, 0.25) is 10.3 Å². The van der Waals surface area contributed by atoms with Crippen molar-refractivity contribution >= 4 is 28.9 Å². The lowest BCUT2D eigenvalue weighted by Crippen LogP contribution is -2.35. The fraction of sp³-hybridized carbons (Fsp3) is 0.615. The second-order valence-electron chi connectivity index (χ2n) is 5.08. The third-order valence-corrected chi connectivity index (χ3v) is 3.90. The van der Waals surface area contributed by atoms with Crippen LogP contribution in [-0.4, -0.2) is 36.6 Å². The topological polar surface area (TPSA) is 28.2 Å². The molecule has 3 nitrogen and oxygen atoms in total. The standard InChI is InChI=1S/C13H19Cl2N3/c1-9-6-11(14)17-13(15)12(9)16-7-10-4-3-5-18(2)8-10/h6,10,16H,3-5,7-8H2,1-2H3. The van der Waals surface area contributed by atoms with Crippen molar-refractivity contribution in [3.63, 3.8) is 0 Å². The Hall–Kier alpha value is -0.510. The van der Waals surface area contributed by atoms with E-state index in [4.69, 9.17) is 23.2 Å². The summed E-state index contributed by atoms with van der Waals surface area (Å²) in [7, 11) is 2.17. The van der Waals surface area contributed by atoms with Crippen molar-refractivity contribution in [3.05, 3.63) is 21.9 Å². The molecule has 0 aromatic carbocycles. The van der Waals surface area contributed by atoms with Crippen LogP contribution in [0, 0.1) is 12.8 Å². The first-order chi connectivity index (χ1) is 8.56. The summed E-state index contributed by atoms with van der Waals surface area (Å²) in [6.07, 6.45) is 2.55. The Morgan fingerprint density at radius 2 is 2.28 bits per heavy atom. The molecule has 1 aromatic heterocycles. The molecule has 18 heavy (non-hydrogen) atoms. The van der Waals surface area contributed by atoms with Gasteiger partial charge in [0.2, 0.25) is 0 Å². The predicted octanol–water partition coefficient (Wildman–Crippen LogP) is 3.45. The Bertz CT molecular complexity index is 400. The number of pyridine rings is 1. The van der Waals surface area contributed by atoms with Crippen molar-refractivity contribution in [1.29, 1.82) is 0 Å². The molecule has 1 aromatic rings. The van der Waals surface area contributed by atoms with Crippen LogP contribution in [0.25, 0.3) is 0 Å². The van der Waals surface area contributed by atoms with Crippen molar-refractivity contribution in [2.45, 2.75) is 19.8 Å². The number of piperidine rings is 1. The molecule has 0 aliphatic carbocycles. The first-order valence-electron chi connectivity index (χ1n) is 6.31. The van der Waals surface area contributed by atoms with Gasteiger partial charge in [0.1, 0.15) is 5.15 Å². The first-order valence-corrected chi connectivity index (χ1v) is 7.07. The number of likely N-dealkylation sites (tertiary alicyclic amines) is 1. The average molecular weight is 288 g/mol. The van der Waals surface area contributed by atoms with Crippen LogP contribution in [0.5, 0.6) is 0 Å². The molecular formula is C13H19Cl2N3. The number of nitrogens with one attached hydrogen (secondary N) is 1. The Morgan fingerprint density at radius 1 is 1.50 bits per heavy atom. The van der Waals surface area contributed by atoms with Crippen molar-refractivity contribution in [1.82, 2.24) is 9.88 Å². The molecular weight excluding hydrogens is 269 g/mol.